The number of aromatic nitrogens is 2. The number of anilines is 2. The van der Waals surface area contributed by atoms with Crippen LogP contribution in [0.1, 0.15) is 38.2 Å². The lowest BCUT2D eigenvalue weighted by Crippen LogP contribution is -2.43. The zero-order valence-electron chi connectivity index (χ0n) is 16.0. The Morgan fingerprint density at radius 3 is 2.73 bits per heavy atom. The number of piperidine rings is 1. The molecule has 2 aromatic rings. The molecule has 1 fully saturated rings. The van der Waals surface area contributed by atoms with Gasteiger partial charge in [-0.1, -0.05) is 13.8 Å². The van der Waals surface area contributed by atoms with Crippen molar-refractivity contribution in [1.82, 2.24) is 9.97 Å². The Balaban J connectivity index is 1.73. The molecule has 0 aliphatic carbocycles. The van der Waals surface area contributed by atoms with Gasteiger partial charge in [0.25, 0.3) is 0 Å². The quantitative estimate of drug-likeness (QED) is 0.852. The van der Waals surface area contributed by atoms with Gasteiger partial charge in [0, 0.05) is 42.6 Å². The van der Waals surface area contributed by atoms with Gasteiger partial charge in [-0.25, -0.2) is 9.97 Å². The summed E-state index contributed by atoms with van der Waals surface area (Å²) < 4.78 is 10.7. The van der Waals surface area contributed by atoms with Gasteiger partial charge < -0.3 is 19.7 Å². The van der Waals surface area contributed by atoms with Crippen LogP contribution in [0.5, 0.6) is 11.5 Å². The van der Waals surface area contributed by atoms with Crippen molar-refractivity contribution in [2.75, 3.05) is 37.5 Å². The number of ether oxygens (including phenoxy) is 2. The smallest absolute Gasteiger partial charge is 0.162 e. The zero-order valence-corrected chi connectivity index (χ0v) is 16.0. The summed E-state index contributed by atoms with van der Waals surface area (Å²) >= 11 is 0. The molecule has 1 aromatic heterocycles. The van der Waals surface area contributed by atoms with Gasteiger partial charge in [-0.2, -0.15) is 0 Å². The number of nitrogens with one attached hydrogen (secondary N) is 1. The number of benzene rings is 1. The molecule has 0 bridgehead atoms. The Morgan fingerprint density at radius 1 is 1.19 bits per heavy atom. The van der Waals surface area contributed by atoms with Gasteiger partial charge in [0.15, 0.2) is 11.5 Å². The van der Waals surface area contributed by atoms with Crippen molar-refractivity contribution in [2.45, 2.75) is 38.6 Å². The van der Waals surface area contributed by atoms with Crippen molar-refractivity contribution in [3.8, 4) is 11.5 Å². The van der Waals surface area contributed by atoms with E-state index >= 15 is 0 Å². The second-order valence-electron chi connectivity index (χ2n) is 6.96. The fraction of sp³-hybridized carbons (Fsp3) is 0.500. The summed E-state index contributed by atoms with van der Waals surface area (Å²) in [6.07, 6.45) is 5.85. The summed E-state index contributed by atoms with van der Waals surface area (Å²) in [5, 5.41) is 3.63. The molecule has 1 aliphatic heterocycles. The summed E-state index contributed by atoms with van der Waals surface area (Å²) in [6.45, 7) is 6.32. The van der Waals surface area contributed by atoms with Gasteiger partial charge in [-0.05, 0) is 30.9 Å². The maximum absolute atomic E-state index is 5.41. The minimum Gasteiger partial charge on any atom is -0.493 e. The molecule has 1 atom stereocenters. The summed E-state index contributed by atoms with van der Waals surface area (Å²) in [6, 6.07) is 6.31. The molecule has 6 heteroatoms. The summed E-state index contributed by atoms with van der Waals surface area (Å²) in [7, 11) is 3.31. The highest BCUT2D eigenvalue weighted by atomic mass is 16.5. The number of hydrogen-bond donors (Lipinski definition) is 1. The molecular formula is C20H28N4O2. The van der Waals surface area contributed by atoms with Crippen molar-refractivity contribution in [1.29, 1.82) is 0 Å². The predicted molar refractivity (Wildman–Crippen MR) is 105 cm³/mol. The summed E-state index contributed by atoms with van der Waals surface area (Å²) in [5.41, 5.74) is 2.25. The zero-order chi connectivity index (χ0) is 18.5. The van der Waals surface area contributed by atoms with E-state index in [9.17, 15) is 0 Å². The van der Waals surface area contributed by atoms with Crippen molar-refractivity contribution in [3.63, 3.8) is 0 Å². The lowest BCUT2D eigenvalue weighted by molar-refractivity contribution is 0.355. The Bertz CT molecular complexity index is 736. The Labute approximate surface area is 155 Å². The van der Waals surface area contributed by atoms with Crippen LogP contribution in [0.3, 0.4) is 0 Å². The molecule has 1 saturated heterocycles. The van der Waals surface area contributed by atoms with E-state index in [1.54, 1.807) is 20.5 Å². The Morgan fingerprint density at radius 2 is 2.00 bits per heavy atom. The minimum absolute atomic E-state index is 0.358. The molecule has 1 aromatic carbocycles. The van der Waals surface area contributed by atoms with E-state index in [1.807, 2.05) is 24.4 Å². The molecule has 0 amide bonds. The van der Waals surface area contributed by atoms with E-state index in [1.165, 1.54) is 5.56 Å². The first-order valence-electron chi connectivity index (χ1n) is 9.15. The highest BCUT2D eigenvalue weighted by molar-refractivity contribution is 5.56. The van der Waals surface area contributed by atoms with Crippen molar-refractivity contribution >= 4 is 11.5 Å². The number of nitrogens with zero attached hydrogens (tertiary/aromatic N) is 3. The van der Waals surface area contributed by atoms with Crippen LogP contribution < -0.4 is 19.7 Å². The molecular weight excluding hydrogens is 328 g/mol. The highest BCUT2D eigenvalue weighted by Gasteiger charge is 2.23. The first-order chi connectivity index (χ1) is 12.6. The molecule has 140 valence electrons. The number of methoxy groups -OCH3 is 2. The van der Waals surface area contributed by atoms with Gasteiger partial charge in [-0.3, -0.25) is 0 Å². The molecule has 0 spiro atoms. The van der Waals surface area contributed by atoms with E-state index in [0.29, 0.717) is 12.0 Å². The van der Waals surface area contributed by atoms with Crippen LogP contribution in [0.15, 0.2) is 30.7 Å². The normalized spacial score (nSPS) is 17.3. The Hall–Kier alpha value is -2.50. The summed E-state index contributed by atoms with van der Waals surface area (Å²) in [4.78, 5) is 11.1. The maximum Gasteiger partial charge on any atom is 0.162 e. The van der Waals surface area contributed by atoms with E-state index in [0.717, 1.165) is 48.9 Å². The fourth-order valence-corrected chi connectivity index (χ4v) is 3.45. The van der Waals surface area contributed by atoms with Gasteiger partial charge in [0.05, 0.1) is 14.2 Å². The van der Waals surface area contributed by atoms with Gasteiger partial charge in [0.1, 0.15) is 12.1 Å². The topological polar surface area (TPSA) is 59.5 Å². The van der Waals surface area contributed by atoms with Gasteiger partial charge in [-0.15, -0.1) is 0 Å². The fourth-order valence-electron chi connectivity index (χ4n) is 3.45. The SMILES string of the molecule is COc1ccc(NC2CCCN(c3ncncc3C(C)C)C2)cc1OC. The van der Waals surface area contributed by atoms with E-state index in [4.69, 9.17) is 9.47 Å². The van der Waals surface area contributed by atoms with Crippen LogP contribution in [-0.2, 0) is 0 Å². The monoisotopic (exact) mass is 356 g/mol. The van der Waals surface area contributed by atoms with Crippen molar-refractivity contribution < 1.29 is 9.47 Å². The first kappa shape index (κ1) is 18.3. The predicted octanol–water partition coefficient (Wildman–Crippen LogP) is 3.70. The van der Waals surface area contributed by atoms with E-state index < -0.39 is 0 Å². The van der Waals surface area contributed by atoms with Crippen LogP contribution in [-0.4, -0.2) is 43.3 Å². The minimum atomic E-state index is 0.358. The largest absolute Gasteiger partial charge is 0.493 e. The average molecular weight is 356 g/mol. The third-order valence-electron chi connectivity index (χ3n) is 4.82. The highest BCUT2D eigenvalue weighted by Crippen LogP contribution is 2.31. The summed E-state index contributed by atoms with van der Waals surface area (Å²) in [5.74, 6) is 2.95. The molecule has 1 N–H and O–H groups in total. The molecule has 1 unspecified atom stereocenters. The van der Waals surface area contributed by atoms with Gasteiger partial charge in [0.2, 0.25) is 0 Å². The van der Waals surface area contributed by atoms with Gasteiger partial charge >= 0.3 is 0 Å². The van der Waals surface area contributed by atoms with Crippen LogP contribution in [0.25, 0.3) is 0 Å². The first-order valence-corrected chi connectivity index (χ1v) is 9.15. The Kier molecular flexibility index (Phi) is 5.81. The standard InChI is InChI=1S/C20H28N4O2/c1-14(2)17-11-21-13-22-20(17)24-9-5-6-16(12-24)23-15-7-8-18(25-3)19(10-15)26-4/h7-8,10-11,13-14,16,23H,5-6,9,12H2,1-4H3. The third-order valence-corrected chi connectivity index (χ3v) is 4.82. The molecule has 3 rings (SSSR count). The average Bonchev–Trinajstić information content (AvgIpc) is 2.68. The van der Waals surface area contributed by atoms with Crippen LogP contribution in [0.4, 0.5) is 11.5 Å². The second kappa shape index (κ2) is 8.25. The molecule has 6 nitrogen and oxygen atoms in total. The number of hydrogen-bond acceptors (Lipinski definition) is 6. The van der Waals surface area contributed by atoms with E-state index in [2.05, 4.69) is 34.0 Å². The lowest BCUT2D eigenvalue weighted by Gasteiger charge is -2.35. The van der Waals surface area contributed by atoms with Crippen molar-refractivity contribution in [2.24, 2.45) is 0 Å². The van der Waals surface area contributed by atoms with E-state index in [-0.39, 0.29) is 0 Å². The molecule has 1 aliphatic rings. The second-order valence-corrected chi connectivity index (χ2v) is 6.96. The number of rotatable bonds is 6. The molecule has 2 heterocycles. The maximum atomic E-state index is 5.41. The third kappa shape index (κ3) is 4.00. The lowest BCUT2D eigenvalue weighted by atomic mass is 10.0. The van der Waals surface area contributed by atoms with Crippen LogP contribution in [0, 0.1) is 0 Å². The molecule has 0 radical (unpaired) electrons. The van der Waals surface area contributed by atoms with Crippen molar-refractivity contribution in [3.05, 3.63) is 36.3 Å². The molecule has 0 saturated carbocycles. The van der Waals surface area contributed by atoms with Crippen LogP contribution in [0.2, 0.25) is 0 Å². The van der Waals surface area contributed by atoms with Crippen LogP contribution >= 0.6 is 0 Å². The molecule has 26 heavy (non-hydrogen) atoms.